The summed E-state index contributed by atoms with van der Waals surface area (Å²) in [6, 6.07) is 0.389. The smallest absolute Gasteiger partial charge is 0.222 e. The van der Waals surface area contributed by atoms with Gasteiger partial charge in [0.25, 0.3) is 0 Å². The first-order valence-electron chi connectivity index (χ1n) is 7.87. The van der Waals surface area contributed by atoms with Gasteiger partial charge in [-0.05, 0) is 26.7 Å². The van der Waals surface area contributed by atoms with Crippen LogP contribution in [0.25, 0.3) is 11.0 Å². The number of aromatic nitrogens is 4. The largest absolute Gasteiger partial charge is 0.353 e. The lowest BCUT2D eigenvalue weighted by molar-refractivity contribution is -0.122. The van der Waals surface area contributed by atoms with Crippen LogP contribution in [0.5, 0.6) is 0 Å². The lowest BCUT2D eigenvalue weighted by Crippen LogP contribution is -2.33. The Bertz CT molecular complexity index is 636. The van der Waals surface area contributed by atoms with E-state index in [2.05, 4.69) is 22.4 Å². The number of carbonyl (C=O) groups excluding carboxylic acids is 1. The number of aryl methyl sites for hydroxylation is 3. The molecular weight excluding hydrogens is 266 g/mol. The normalized spacial score (nSPS) is 15.9. The Kier molecular flexibility index (Phi) is 3.94. The van der Waals surface area contributed by atoms with Crippen LogP contribution >= 0.6 is 0 Å². The molecule has 1 saturated carbocycles. The van der Waals surface area contributed by atoms with Crippen LogP contribution in [0.1, 0.15) is 44.7 Å². The highest BCUT2D eigenvalue weighted by Crippen LogP contribution is 2.19. The summed E-state index contributed by atoms with van der Waals surface area (Å²) in [6.45, 7) is 5.50. The van der Waals surface area contributed by atoms with Gasteiger partial charge >= 0.3 is 0 Å². The number of amides is 1. The van der Waals surface area contributed by atoms with Crippen LogP contribution in [0.3, 0.4) is 0 Å². The second kappa shape index (κ2) is 5.87. The molecule has 1 amide bonds. The second-order valence-electron chi connectivity index (χ2n) is 5.80. The molecule has 6 heteroatoms. The van der Waals surface area contributed by atoms with Gasteiger partial charge in [0.15, 0.2) is 0 Å². The van der Waals surface area contributed by atoms with Crippen LogP contribution in [-0.4, -0.2) is 31.5 Å². The Balaban J connectivity index is 1.65. The van der Waals surface area contributed by atoms with Gasteiger partial charge < -0.3 is 5.32 Å². The van der Waals surface area contributed by atoms with Crippen LogP contribution < -0.4 is 5.32 Å². The van der Waals surface area contributed by atoms with Crippen LogP contribution in [0.4, 0.5) is 0 Å². The first-order chi connectivity index (χ1) is 10.2. The van der Waals surface area contributed by atoms with E-state index in [1.54, 1.807) is 0 Å². The SMILES string of the molecule is CCn1nc(C)c2c1cnn2CCC(=O)NC1CCCC1. The van der Waals surface area contributed by atoms with Crippen molar-refractivity contribution in [2.24, 2.45) is 0 Å². The summed E-state index contributed by atoms with van der Waals surface area (Å²) >= 11 is 0. The van der Waals surface area contributed by atoms with Crippen LogP contribution in [0, 0.1) is 6.92 Å². The summed E-state index contributed by atoms with van der Waals surface area (Å²) in [7, 11) is 0. The first kappa shape index (κ1) is 14.1. The molecule has 1 N–H and O–H groups in total. The van der Waals surface area contributed by atoms with Crippen molar-refractivity contribution in [3.8, 4) is 0 Å². The van der Waals surface area contributed by atoms with Gasteiger partial charge in [-0.2, -0.15) is 10.2 Å². The molecule has 3 rings (SSSR count). The molecule has 2 heterocycles. The van der Waals surface area contributed by atoms with E-state index in [4.69, 9.17) is 0 Å². The lowest BCUT2D eigenvalue weighted by atomic mass is 10.2. The van der Waals surface area contributed by atoms with Gasteiger partial charge in [-0.15, -0.1) is 0 Å². The number of nitrogens with one attached hydrogen (secondary N) is 1. The van der Waals surface area contributed by atoms with Gasteiger partial charge in [0.1, 0.15) is 11.0 Å². The zero-order valence-electron chi connectivity index (χ0n) is 12.8. The molecular formula is C15H23N5O. The van der Waals surface area contributed by atoms with Gasteiger partial charge in [0, 0.05) is 19.0 Å². The molecule has 0 spiro atoms. The van der Waals surface area contributed by atoms with Crippen LogP contribution in [0.15, 0.2) is 6.20 Å². The standard InChI is InChI=1S/C15H23N5O/c1-3-19-13-10-16-20(15(13)11(2)18-19)9-8-14(21)17-12-6-4-5-7-12/h10,12H,3-9H2,1-2H3,(H,17,21). The minimum absolute atomic E-state index is 0.131. The Morgan fingerprint density at radius 3 is 2.86 bits per heavy atom. The van der Waals surface area contributed by atoms with Gasteiger partial charge in [-0.1, -0.05) is 12.8 Å². The first-order valence-corrected chi connectivity index (χ1v) is 7.87. The van der Waals surface area contributed by atoms with Gasteiger partial charge in [0.05, 0.1) is 18.4 Å². The highest BCUT2D eigenvalue weighted by Gasteiger charge is 2.18. The summed E-state index contributed by atoms with van der Waals surface area (Å²) in [5.41, 5.74) is 3.07. The quantitative estimate of drug-likeness (QED) is 0.915. The average Bonchev–Trinajstić information content (AvgIpc) is 3.16. The van der Waals surface area contributed by atoms with Crippen molar-refractivity contribution >= 4 is 16.9 Å². The van der Waals surface area contributed by atoms with Gasteiger partial charge in [-0.3, -0.25) is 14.2 Å². The fourth-order valence-corrected chi connectivity index (χ4v) is 3.21. The fraction of sp³-hybridized carbons (Fsp3) is 0.667. The molecule has 0 radical (unpaired) electrons. The number of rotatable bonds is 5. The van der Waals surface area contributed by atoms with E-state index in [1.807, 2.05) is 22.5 Å². The summed E-state index contributed by atoms with van der Waals surface area (Å²) in [5, 5.41) is 12.0. The third-order valence-corrected chi connectivity index (χ3v) is 4.28. The predicted octanol–water partition coefficient (Wildman–Crippen LogP) is 2.01. The van der Waals surface area contributed by atoms with E-state index in [-0.39, 0.29) is 5.91 Å². The number of nitrogens with zero attached hydrogens (tertiary/aromatic N) is 4. The summed E-state index contributed by atoms with van der Waals surface area (Å²) in [5.74, 6) is 0.131. The average molecular weight is 289 g/mol. The Morgan fingerprint density at radius 2 is 2.14 bits per heavy atom. The Morgan fingerprint density at radius 1 is 1.38 bits per heavy atom. The molecule has 6 nitrogen and oxygen atoms in total. The zero-order chi connectivity index (χ0) is 14.8. The summed E-state index contributed by atoms with van der Waals surface area (Å²) in [4.78, 5) is 12.0. The molecule has 0 aromatic carbocycles. The van der Waals surface area contributed by atoms with Crippen molar-refractivity contribution in [1.29, 1.82) is 0 Å². The molecule has 1 fully saturated rings. The maximum absolute atomic E-state index is 12.0. The molecule has 0 saturated heterocycles. The minimum atomic E-state index is 0.131. The molecule has 1 aliphatic rings. The van der Waals surface area contributed by atoms with Crippen molar-refractivity contribution in [2.45, 2.75) is 65.1 Å². The maximum Gasteiger partial charge on any atom is 0.222 e. The van der Waals surface area contributed by atoms with Crippen molar-refractivity contribution in [1.82, 2.24) is 24.9 Å². The summed E-state index contributed by atoms with van der Waals surface area (Å²) in [6.07, 6.45) is 7.04. The van der Waals surface area contributed by atoms with E-state index >= 15 is 0 Å². The van der Waals surface area contributed by atoms with E-state index in [1.165, 1.54) is 12.8 Å². The van der Waals surface area contributed by atoms with Crippen LogP contribution in [0.2, 0.25) is 0 Å². The molecule has 0 atom stereocenters. The number of carbonyl (C=O) groups is 1. The molecule has 2 aromatic rings. The molecule has 0 unspecified atom stereocenters. The lowest BCUT2D eigenvalue weighted by Gasteiger charge is -2.11. The van der Waals surface area contributed by atoms with E-state index < -0.39 is 0 Å². The number of fused-ring (bicyclic) bond motifs is 1. The van der Waals surface area contributed by atoms with E-state index in [0.29, 0.717) is 19.0 Å². The molecule has 0 bridgehead atoms. The topological polar surface area (TPSA) is 64.7 Å². The van der Waals surface area contributed by atoms with Crippen LogP contribution in [-0.2, 0) is 17.9 Å². The van der Waals surface area contributed by atoms with Crippen molar-refractivity contribution < 1.29 is 4.79 Å². The molecule has 21 heavy (non-hydrogen) atoms. The zero-order valence-corrected chi connectivity index (χ0v) is 12.8. The number of hydrogen-bond donors (Lipinski definition) is 1. The third kappa shape index (κ3) is 2.80. The third-order valence-electron chi connectivity index (χ3n) is 4.28. The monoisotopic (exact) mass is 289 g/mol. The Labute approximate surface area is 124 Å². The van der Waals surface area contributed by atoms with Crippen molar-refractivity contribution in [2.75, 3.05) is 0 Å². The van der Waals surface area contributed by atoms with E-state index in [9.17, 15) is 4.79 Å². The number of hydrogen-bond acceptors (Lipinski definition) is 3. The Hall–Kier alpha value is -1.85. The van der Waals surface area contributed by atoms with Gasteiger partial charge in [-0.25, -0.2) is 0 Å². The highest BCUT2D eigenvalue weighted by molar-refractivity contribution is 5.79. The molecule has 2 aromatic heterocycles. The van der Waals surface area contributed by atoms with E-state index in [0.717, 1.165) is 36.1 Å². The van der Waals surface area contributed by atoms with Crippen molar-refractivity contribution in [3.05, 3.63) is 11.9 Å². The summed E-state index contributed by atoms with van der Waals surface area (Å²) < 4.78 is 3.85. The second-order valence-corrected chi connectivity index (χ2v) is 5.80. The molecule has 114 valence electrons. The molecule has 0 aliphatic heterocycles. The predicted molar refractivity (Wildman–Crippen MR) is 80.9 cm³/mol. The fourth-order valence-electron chi connectivity index (χ4n) is 3.21. The maximum atomic E-state index is 12.0. The van der Waals surface area contributed by atoms with Gasteiger partial charge in [0.2, 0.25) is 5.91 Å². The minimum Gasteiger partial charge on any atom is -0.353 e. The molecule has 1 aliphatic carbocycles. The van der Waals surface area contributed by atoms with Crippen molar-refractivity contribution in [3.63, 3.8) is 0 Å². The highest BCUT2D eigenvalue weighted by atomic mass is 16.1.